The average Bonchev–Trinajstić information content (AvgIpc) is 3.25. The lowest BCUT2D eigenvalue weighted by Gasteiger charge is -2.16. The highest BCUT2D eigenvalue weighted by Gasteiger charge is 2.15. The zero-order valence-electron chi connectivity index (χ0n) is 16.0. The van der Waals surface area contributed by atoms with Crippen LogP contribution in [0.15, 0.2) is 71.3 Å². The summed E-state index contributed by atoms with van der Waals surface area (Å²) < 4.78 is 16.3. The Morgan fingerprint density at radius 3 is 2.41 bits per heavy atom. The van der Waals surface area contributed by atoms with Gasteiger partial charge >= 0.3 is 0 Å². The minimum atomic E-state index is 0.361. The Kier molecular flexibility index (Phi) is 6.94. The van der Waals surface area contributed by atoms with Crippen molar-refractivity contribution in [3.05, 3.63) is 83.8 Å². The van der Waals surface area contributed by atoms with Gasteiger partial charge in [0.2, 0.25) is 0 Å². The molecule has 0 amide bonds. The molecule has 0 bridgehead atoms. The summed E-state index contributed by atoms with van der Waals surface area (Å²) in [5.41, 5.74) is 2.50. The maximum absolute atomic E-state index is 5.68. The van der Waals surface area contributed by atoms with Gasteiger partial charge in [-0.2, -0.15) is 0 Å². The molecule has 4 nitrogen and oxygen atoms in total. The first-order chi connectivity index (χ1) is 13.3. The minimum Gasteiger partial charge on any atom is -0.493 e. The Labute approximate surface area is 161 Å². The van der Waals surface area contributed by atoms with Crippen LogP contribution >= 0.6 is 0 Å². The standard InChI is InChI=1S/C23H27NO3/c1-25-22-11-10-19(16-23(22)26-2)17-24-13-12-20(21-9-6-14-27-21)15-18-7-4-3-5-8-18/h3-11,14,16,20,24H,12-13,15,17H2,1-2H3/t20-/m1/s1. The summed E-state index contributed by atoms with van der Waals surface area (Å²) in [4.78, 5) is 0. The fourth-order valence-corrected chi connectivity index (χ4v) is 3.27. The molecule has 142 valence electrons. The molecule has 0 aliphatic heterocycles. The van der Waals surface area contributed by atoms with Crippen molar-refractivity contribution in [3.63, 3.8) is 0 Å². The van der Waals surface area contributed by atoms with Crippen molar-refractivity contribution in [1.29, 1.82) is 0 Å². The van der Waals surface area contributed by atoms with E-state index in [1.54, 1.807) is 20.5 Å². The minimum absolute atomic E-state index is 0.361. The van der Waals surface area contributed by atoms with E-state index in [9.17, 15) is 0 Å². The second-order valence-electron chi connectivity index (χ2n) is 6.56. The second kappa shape index (κ2) is 9.83. The molecule has 0 unspecified atom stereocenters. The first-order valence-electron chi connectivity index (χ1n) is 9.29. The van der Waals surface area contributed by atoms with Gasteiger partial charge in [-0.25, -0.2) is 0 Å². The summed E-state index contributed by atoms with van der Waals surface area (Å²) in [7, 11) is 3.31. The Morgan fingerprint density at radius 2 is 1.70 bits per heavy atom. The molecular weight excluding hydrogens is 338 g/mol. The molecule has 3 rings (SSSR count). The van der Waals surface area contributed by atoms with Crippen molar-refractivity contribution in [2.45, 2.75) is 25.3 Å². The summed E-state index contributed by atoms with van der Waals surface area (Å²) in [6, 6.07) is 20.6. The average molecular weight is 365 g/mol. The molecule has 1 heterocycles. The molecule has 1 N–H and O–H groups in total. The summed E-state index contributed by atoms with van der Waals surface area (Å²) in [5.74, 6) is 2.92. The van der Waals surface area contributed by atoms with E-state index in [1.165, 1.54) is 11.1 Å². The Hall–Kier alpha value is -2.72. The van der Waals surface area contributed by atoms with E-state index in [-0.39, 0.29) is 0 Å². The largest absolute Gasteiger partial charge is 0.493 e. The first kappa shape index (κ1) is 19.1. The van der Waals surface area contributed by atoms with Gasteiger partial charge in [0.25, 0.3) is 0 Å². The topological polar surface area (TPSA) is 43.6 Å². The van der Waals surface area contributed by atoms with Gasteiger partial charge in [0, 0.05) is 12.5 Å². The third-order valence-corrected chi connectivity index (χ3v) is 4.72. The summed E-state index contributed by atoms with van der Waals surface area (Å²) in [6.45, 7) is 1.70. The van der Waals surface area contributed by atoms with Crippen LogP contribution in [-0.2, 0) is 13.0 Å². The van der Waals surface area contributed by atoms with Crippen molar-refractivity contribution in [3.8, 4) is 11.5 Å². The van der Waals surface area contributed by atoms with Gasteiger partial charge in [0.15, 0.2) is 11.5 Å². The third kappa shape index (κ3) is 5.38. The Morgan fingerprint density at radius 1 is 0.889 bits per heavy atom. The van der Waals surface area contributed by atoms with Crippen LogP contribution < -0.4 is 14.8 Å². The molecule has 1 aromatic heterocycles. The molecule has 4 heteroatoms. The smallest absolute Gasteiger partial charge is 0.161 e. The highest BCUT2D eigenvalue weighted by Crippen LogP contribution is 2.28. The number of furan rings is 1. The molecule has 27 heavy (non-hydrogen) atoms. The SMILES string of the molecule is COc1ccc(CNCC[C@H](Cc2ccccc2)c2ccco2)cc1OC. The molecule has 3 aromatic rings. The number of hydrogen-bond donors (Lipinski definition) is 1. The Bertz CT molecular complexity index is 800. The maximum atomic E-state index is 5.68. The molecule has 0 aliphatic carbocycles. The predicted molar refractivity (Wildman–Crippen MR) is 107 cm³/mol. The lowest BCUT2D eigenvalue weighted by Crippen LogP contribution is -2.18. The number of nitrogens with one attached hydrogen (secondary N) is 1. The van der Waals surface area contributed by atoms with E-state index >= 15 is 0 Å². The van der Waals surface area contributed by atoms with Gasteiger partial charge in [0.05, 0.1) is 20.5 Å². The summed E-state index contributed by atoms with van der Waals surface area (Å²) >= 11 is 0. The van der Waals surface area contributed by atoms with E-state index in [2.05, 4.69) is 47.8 Å². The van der Waals surface area contributed by atoms with Crippen molar-refractivity contribution >= 4 is 0 Å². The van der Waals surface area contributed by atoms with Gasteiger partial charge in [-0.1, -0.05) is 36.4 Å². The van der Waals surface area contributed by atoms with Crippen LogP contribution in [0, 0.1) is 0 Å². The van der Waals surface area contributed by atoms with Crippen LogP contribution in [0.4, 0.5) is 0 Å². The van der Waals surface area contributed by atoms with Gasteiger partial charge < -0.3 is 19.2 Å². The van der Waals surface area contributed by atoms with Crippen molar-refractivity contribution in [2.24, 2.45) is 0 Å². The van der Waals surface area contributed by atoms with Crippen LogP contribution in [0.3, 0.4) is 0 Å². The normalized spacial score (nSPS) is 11.9. The van der Waals surface area contributed by atoms with Crippen LogP contribution in [0.25, 0.3) is 0 Å². The first-order valence-corrected chi connectivity index (χ1v) is 9.29. The molecule has 0 saturated heterocycles. The highest BCUT2D eigenvalue weighted by atomic mass is 16.5. The van der Waals surface area contributed by atoms with Crippen molar-refractivity contribution in [2.75, 3.05) is 20.8 Å². The molecule has 0 aliphatic rings. The van der Waals surface area contributed by atoms with Crippen molar-refractivity contribution in [1.82, 2.24) is 5.32 Å². The fourth-order valence-electron chi connectivity index (χ4n) is 3.27. The second-order valence-corrected chi connectivity index (χ2v) is 6.56. The molecule has 0 fully saturated rings. The maximum Gasteiger partial charge on any atom is 0.161 e. The molecule has 0 spiro atoms. The summed E-state index contributed by atoms with van der Waals surface area (Å²) in [5, 5.41) is 3.53. The predicted octanol–water partition coefficient (Wildman–Crippen LogP) is 4.80. The fraction of sp³-hybridized carbons (Fsp3) is 0.304. The molecule has 0 radical (unpaired) electrons. The monoisotopic (exact) mass is 365 g/mol. The number of methoxy groups -OCH3 is 2. The molecular formula is C23H27NO3. The van der Waals surface area contributed by atoms with Crippen LogP contribution in [0.5, 0.6) is 11.5 Å². The number of rotatable bonds is 10. The molecule has 1 atom stereocenters. The summed E-state index contributed by atoms with van der Waals surface area (Å²) in [6.07, 6.45) is 3.74. The lowest BCUT2D eigenvalue weighted by atomic mass is 9.94. The van der Waals surface area contributed by atoms with E-state index in [1.807, 2.05) is 18.2 Å². The Balaban J connectivity index is 1.55. The van der Waals surface area contributed by atoms with Gasteiger partial charge in [-0.15, -0.1) is 0 Å². The van der Waals surface area contributed by atoms with Gasteiger partial charge in [-0.3, -0.25) is 0 Å². The van der Waals surface area contributed by atoms with Crippen molar-refractivity contribution < 1.29 is 13.9 Å². The van der Waals surface area contributed by atoms with Crippen LogP contribution in [-0.4, -0.2) is 20.8 Å². The van der Waals surface area contributed by atoms with Gasteiger partial charge in [-0.05, 0) is 54.8 Å². The van der Waals surface area contributed by atoms with E-state index in [4.69, 9.17) is 13.9 Å². The number of hydrogen-bond acceptors (Lipinski definition) is 4. The van der Waals surface area contributed by atoms with E-state index < -0.39 is 0 Å². The number of ether oxygens (including phenoxy) is 2. The highest BCUT2D eigenvalue weighted by molar-refractivity contribution is 5.42. The van der Waals surface area contributed by atoms with Crippen LogP contribution in [0.1, 0.15) is 29.2 Å². The lowest BCUT2D eigenvalue weighted by molar-refractivity contribution is 0.354. The van der Waals surface area contributed by atoms with E-state index in [0.717, 1.165) is 43.2 Å². The zero-order chi connectivity index (χ0) is 18.9. The molecule has 2 aromatic carbocycles. The molecule has 0 saturated carbocycles. The van der Waals surface area contributed by atoms with Crippen LogP contribution in [0.2, 0.25) is 0 Å². The zero-order valence-corrected chi connectivity index (χ0v) is 16.0. The third-order valence-electron chi connectivity index (χ3n) is 4.72. The van der Waals surface area contributed by atoms with Gasteiger partial charge in [0.1, 0.15) is 5.76 Å². The quantitative estimate of drug-likeness (QED) is 0.524. The van der Waals surface area contributed by atoms with E-state index in [0.29, 0.717) is 5.92 Å². The number of benzene rings is 2.